The van der Waals surface area contributed by atoms with E-state index in [1.54, 1.807) is 0 Å². The van der Waals surface area contributed by atoms with E-state index >= 15 is 0 Å². The van der Waals surface area contributed by atoms with Crippen LogP contribution in [0.4, 0.5) is 0 Å². The minimum absolute atomic E-state index is 0.369. The van der Waals surface area contributed by atoms with E-state index in [9.17, 15) is 0 Å². The van der Waals surface area contributed by atoms with Crippen molar-refractivity contribution in [3.05, 3.63) is 6.92 Å². The van der Waals surface area contributed by atoms with Crippen molar-refractivity contribution in [2.24, 2.45) is 17.3 Å². The molecule has 0 fully saturated rings. The molecule has 0 aromatic heterocycles. The van der Waals surface area contributed by atoms with Gasteiger partial charge in [-0.15, -0.1) is 0 Å². The molecule has 0 aliphatic carbocycles. The molecule has 0 aliphatic rings. The fourth-order valence-corrected chi connectivity index (χ4v) is 1.00. The van der Waals surface area contributed by atoms with Gasteiger partial charge in [0.05, 0.1) is 0 Å². The summed E-state index contributed by atoms with van der Waals surface area (Å²) >= 11 is 0. The maximum atomic E-state index is 4.11. The molecule has 0 rings (SSSR count). The van der Waals surface area contributed by atoms with E-state index in [0.29, 0.717) is 17.3 Å². The monoisotopic (exact) mass is 127 g/mol. The number of hydrogen-bond acceptors (Lipinski definition) is 0. The predicted octanol–water partition coefficient (Wildman–Crippen LogP) is 3.14. The second-order valence-electron chi connectivity index (χ2n) is 4.22. The summed E-state index contributed by atoms with van der Waals surface area (Å²) in [5, 5.41) is 0. The maximum absolute atomic E-state index is 4.11. The third-order valence-corrected chi connectivity index (χ3v) is 1.92. The number of rotatable bonds is 1. The van der Waals surface area contributed by atoms with E-state index < -0.39 is 0 Å². The average molecular weight is 127 g/mol. The quantitative estimate of drug-likeness (QED) is 0.507. The Morgan fingerprint density at radius 2 is 1.44 bits per heavy atom. The van der Waals surface area contributed by atoms with Crippen LogP contribution in [0.1, 0.15) is 34.6 Å². The molecular weight excluding hydrogens is 108 g/mol. The molecule has 0 saturated carbocycles. The first-order valence-corrected chi connectivity index (χ1v) is 3.68. The minimum atomic E-state index is 0.369. The van der Waals surface area contributed by atoms with Crippen LogP contribution in [0.3, 0.4) is 0 Å². The second-order valence-corrected chi connectivity index (χ2v) is 4.22. The van der Waals surface area contributed by atoms with Crippen LogP contribution in [0, 0.1) is 24.2 Å². The molecule has 0 aliphatic heterocycles. The third kappa shape index (κ3) is 2.88. The molecule has 0 spiro atoms. The largest absolute Gasteiger partial charge is 0.0625 e. The predicted molar refractivity (Wildman–Crippen MR) is 43.1 cm³/mol. The molecule has 1 unspecified atom stereocenters. The van der Waals surface area contributed by atoms with Gasteiger partial charge in [0.25, 0.3) is 0 Å². The van der Waals surface area contributed by atoms with Gasteiger partial charge in [-0.05, 0) is 24.2 Å². The first kappa shape index (κ1) is 9.00. The molecular formula is C9H19. The summed E-state index contributed by atoms with van der Waals surface area (Å²) in [7, 11) is 0. The van der Waals surface area contributed by atoms with Gasteiger partial charge < -0.3 is 0 Å². The highest BCUT2D eigenvalue weighted by molar-refractivity contribution is 4.77. The van der Waals surface area contributed by atoms with E-state index in [-0.39, 0.29) is 0 Å². The Balaban J connectivity index is 3.88. The van der Waals surface area contributed by atoms with Gasteiger partial charge in [0.15, 0.2) is 0 Å². The highest BCUT2D eigenvalue weighted by Crippen LogP contribution is 2.30. The molecule has 0 heteroatoms. The van der Waals surface area contributed by atoms with E-state index in [1.807, 2.05) is 0 Å². The zero-order chi connectivity index (χ0) is 7.65. The molecule has 0 saturated heterocycles. The molecule has 9 heavy (non-hydrogen) atoms. The van der Waals surface area contributed by atoms with Crippen molar-refractivity contribution in [1.82, 2.24) is 0 Å². The molecule has 55 valence electrons. The van der Waals surface area contributed by atoms with Crippen molar-refractivity contribution in [2.45, 2.75) is 34.6 Å². The van der Waals surface area contributed by atoms with Gasteiger partial charge in [-0.1, -0.05) is 34.6 Å². The first-order chi connectivity index (χ1) is 3.85. The Morgan fingerprint density at radius 3 is 1.44 bits per heavy atom. The standard InChI is InChI=1S/C9H19/c1-7(2)8(3)9(4,5)6/h7-8H,3H2,1-2,4-6H3. The summed E-state index contributed by atoms with van der Waals surface area (Å²) in [4.78, 5) is 0. The molecule has 1 atom stereocenters. The lowest BCUT2D eigenvalue weighted by molar-refractivity contribution is 0.227. The fourth-order valence-electron chi connectivity index (χ4n) is 1.00. The van der Waals surface area contributed by atoms with Crippen LogP contribution in [-0.4, -0.2) is 0 Å². The SMILES string of the molecule is [CH2]C(C(C)C)C(C)(C)C. The van der Waals surface area contributed by atoms with Gasteiger partial charge >= 0.3 is 0 Å². The van der Waals surface area contributed by atoms with Crippen molar-refractivity contribution >= 4 is 0 Å². The lowest BCUT2D eigenvalue weighted by atomic mass is 9.76. The third-order valence-electron chi connectivity index (χ3n) is 1.92. The van der Waals surface area contributed by atoms with Crippen LogP contribution in [0.15, 0.2) is 0 Å². The summed E-state index contributed by atoms with van der Waals surface area (Å²) in [6.07, 6.45) is 0. The Kier molecular flexibility index (Phi) is 2.72. The smallest absolute Gasteiger partial charge is 0.0342 e. The van der Waals surface area contributed by atoms with Crippen LogP contribution in [0.25, 0.3) is 0 Å². The van der Waals surface area contributed by atoms with Crippen molar-refractivity contribution < 1.29 is 0 Å². The molecule has 1 radical (unpaired) electrons. The highest BCUT2D eigenvalue weighted by Gasteiger charge is 2.22. The Bertz CT molecular complexity index is 74.5. The zero-order valence-electron chi connectivity index (χ0n) is 7.36. The van der Waals surface area contributed by atoms with E-state index in [2.05, 4.69) is 41.5 Å². The van der Waals surface area contributed by atoms with Gasteiger partial charge in [-0.25, -0.2) is 0 Å². The van der Waals surface area contributed by atoms with Crippen molar-refractivity contribution in [3.63, 3.8) is 0 Å². The van der Waals surface area contributed by atoms with Crippen LogP contribution >= 0.6 is 0 Å². The van der Waals surface area contributed by atoms with Crippen LogP contribution in [0.5, 0.6) is 0 Å². The summed E-state index contributed by atoms with van der Waals surface area (Å²) in [6, 6.07) is 0. The average Bonchev–Trinajstić information content (AvgIpc) is 1.62. The van der Waals surface area contributed by atoms with Crippen molar-refractivity contribution in [2.75, 3.05) is 0 Å². The molecule has 0 aromatic rings. The molecule has 0 aromatic carbocycles. The van der Waals surface area contributed by atoms with Gasteiger partial charge in [-0.3, -0.25) is 0 Å². The van der Waals surface area contributed by atoms with Gasteiger partial charge in [0.2, 0.25) is 0 Å². The van der Waals surface area contributed by atoms with E-state index in [0.717, 1.165) is 0 Å². The van der Waals surface area contributed by atoms with Crippen LogP contribution in [0.2, 0.25) is 0 Å². The first-order valence-electron chi connectivity index (χ1n) is 3.68. The normalized spacial score (nSPS) is 16.3. The summed E-state index contributed by atoms with van der Waals surface area (Å²) < 4.78 is 0. The lowest BCUT2D eigenvalue weighted by Crippen LogP contribution is -2.22. The summed E-state index contributed by atoms with van der Waals surface area (Å²) in [5.74, 6) is 1.27. The minimum Gasteiger partial charge on any atom is -0.0625 e. The van der Waals surface area contributed by atoms with E-state index in [4.69, 9.17) is 0 Å². The van der Waals surface area contributed by atoms with Gasteiger partial charge in [0, 0.05) is 0 Å². The Labute approximate surface area is 59.7 Å². The summed E-state index contributed by atoms with van der Waals surface area (Å²) in [6.45, 7) is 15.3. The molecule has 0 nitrogen and oxygen atoms in total. The van der Waals surface area contributed by atoms with Gasteiger partial charge in [-0.2, -0.15) is 0 Å². The van der Waals surface area contributed by atoms with Crippen molar-refractivity contribution in [3.8, 4) is 0 Å². The van der Waals surface area contributed by atoms with Gasteiger partial charge in [0.1, 0.15) is 0 Å². The summed E-state index contributed by atoms with van der Waals surface area (Å²) in [5.41, 5.74) is 0.369. The highest BCUT2D eigenvalue weighted by atomic mass is 14.3. The molecule has 0 amide bonds. The number of hydrogen-bond donors (Lipinski definition) is 0. The lowest BCUT2D eigenvalue weighted by Gasteiger charge is -2.30. The van der Waals surface area contributed by atoms with Crippen LogP contribution < -0.4 is 0 Å². The maximum Gasteiger partial charge on any atom is -0.0342 e. The molecule has 0 heterocycles. The van der Waals surface area contributed by atoms with E-state index in [1.165, 1.54) is 0 Å². The fraction of sp³-hybridized carbons (Fsp3) is 0.889. The zero-order valence-corrected chi connectivity index (χ0v) is 7.36. The second kappa shape index (κ2) is 2.72. The molecule has 0 N–H and O–H groups in total. The Morgan fingerprint density at radius 1 is 1.11 bits per heavy atom. The topological polar surface area (TPSA) is 0 Å². The van der Waals surface area contributed by atoms with Crippen LogP contribution in [-0.2, 0) is 0 Å². The molecule has 0 bridgehead atoms. The Hall–Kier alpha value is 0. The van der Waals surface area contributed by atoms with Crippen molar-refractivity contribution in [1.29, 1.82) is 0 Å².